The number of hydrogen-bond acceptors (Lipinski definition) is 5. The zero-order chi connectivity index (χ0) is 10.5. The minimum atomic E-state index is 0.183. The number of aromatic hydroxyl groups is 1. The quantitative estimate of drug-likeness (QED) is 0.830. The molecule has 0 bridgehead atoms. The van der Waals surface area contributed by atoms with Gasteiger partial charge in [-0.25, -0.2) is 9.97 Å². The van der Waals surface area contributed by atoms with Crippen molar-refractivity contribution in [1.82, 2.24) is 9.97 Å². The van der Waals surface area contributed by atoms with E-state index in [2.05, 4.69) is 9.97 Å². The average molecular weight is 236 g/mol. The van der Waals surface area contributed by atoms with Gasteiger partial charge in [-0.3, -0.25) is 0 Å². The highest BCUT2D eigenvalue weighted by Gasteiger charge is 1.99. The van der Waals surface area contributed by atoms with Crippen LogP contribution in [0, 0.1) is 0 Å². The van der Waals surface area contributed by atoms with Crippen molar-refractivity contribution in [2.75, 3.05) is 0 Å². The Kier molecular flexibility index (Phi) is 3.47. The van der Waals surface area contributed by atoms with E-state index in [0.717, 1.165) is 10.1 Å². The first kappa shape index (κ1) is 10.3. The molecule has 0 radical (unpaired) electrons. The highest BCUT2D eigenvalue weighted by atomic mass is 33.1. The lowest BCUT2D eigenvalue weighted by Crippen LogP contribution is -1.77. The lowest BCUT2D eigenvalue weighted by molar-refractivity contribution is 0.471. The molecule has 0 aliphatic rings. The van der Waals surface area contributed by atoms with Gasteiger partial charge in [0.15, 0.2) is 0 Å². The van der Waals surface area contributed by atoms with E-state index in [9.17, 15) is 0 Å². The average Bonchev–Trinajstić information content (AvgIpc) is 2.30. The molecule has 0 aliphatic carbocycles. The largest absolute Gasteiger partial charge is 0.506 e. The van der Waals surface area contributed by atoms with Gasteiger partial charge in [0, 0.05) is 6.20 Å². The number of nitrogens with zero attached hydrogens (tertiary/aromatic N) is 2. The molecule has 0 fully saturated rings. The van der Waals surface area contributed by atoms with Crippen LogP contribution in [0.2, 0.25) is 0 Å². The molecule has 0 unspecified atom stereocenters. The molecule has 2 heterocycles. The van der Waals surface area contributed by atoms with Crippen LogP contribution in [0.4, 0.5) is 0 Å². The van der Waals surface area contributed by atoms with Crippen LogP contribution in [0.15, 0.2) is 52.8 Å². The second-order valence-electron chi connectivity index (χ2n) is 2.69. The summed E-state index contributed by atoms with van der Waals surface area (Å²) in [6, 6.07) is 9.16. The Labute approximate surface area is 95.4 Å². The van der Waals surface area contributed by atoms with E-state index < -0.39 is 0 Å². The van der Waals surface area contributed by atoms with Crippen LogP contribution in [0.1, 0.15) is 0 Å². The van der Waals surface area contributed by atoms with Gasteiger partial charge >= 0.3 is 0 Å². The molecule has 5 heteroatoms. The van der Waals surface area contributed by atoms with Crippen LogP contribution >= 0.6 is 21.6 Å². The second kappa shape index (κ2) is 5.04. The fraction of sp³-hybridized carbons (Fsp3) is 0. The molecule has 0 saturated heterocycles. The van der Waals surface area contributed by atoms with Crippen molar-refractivity contribution in [3.8, 4) is 5.75 Å². The molecule has 0 aromatic carbocycles. The minimum Gasteiger partial charge on any atom is -0.506 e. The summed E-state index contributed by atoms with van der Waals surface area (Å²) < 4.78 is 0. The fourth-order valence-electron chi connectivity index (χ4n) is 0.904. The first-order valence-electron chi connectivity index (χ1n) is 4.25. The van der Waals surface area contributed by atoms with Crippen molar-refractivity contribution in [3.63, 3.8) is 0 Å². The zero-order valence-corrected chi connectivity index (χ0v) is 9.33. The van der Waals surface area contributed by atoms with E-state index in [1.54, 1.807) is 29.1 Å². The predicted molar refractivity (Wildman–Crippen MR) is 61.9 cm³/mol. The first-order chi connectivity index (χ1) is 7.34. The van der Waals surface area contributed by atoms with Crippen molar-refractivity contribution >= 4 is 21.6 Å². The first-order valence-corrected chi connectivity index (χ1v) is 6.40. The van der Waals surface area contributed by atoms with Crippen LogP contribution < -0.4 is 0 Å². The van der Waals surface area contributed by atoms with Gasteiger partial charge in [-0.05, 0) is 45.9 Å². The fourth-order valence-corrected chi connectivity index (χ4v) is 2.64. The van der Waals surface area contributed by atoms with E-state index in [1.807, 2.05) is 18.2 Å². The Morgan fingerprint density at radius 3 is 2.33 bits per heavy atom. The third-order valence-electron chi connectivity index (χ3n) is 1.57. The van der Waals surface area contributed by atoms with Crippen LogP contribution in [-0.2, 0) is 0 Å². The zero-order valence-electron chi connectivity index (χ0n) is 7.70. The SMILES string of the molecule is Oc1ccc(SSc2ccccn2)nc1. The third kappa shape index (κ3) is 3.14. The van der Waals surface area contributed by atoms with Gasteiger partial charge in [-0.1, -0.05) is 6.07 Å². The number of pyridine rings is 2. The molecule has 2 rings (SSSR count). The van der Waals surface area contributed by atoms with E-state index in [-0.39, 0.29) is 5.75 Å². The molecule has 0 atom stereocenters. The summed E-state index contributed by atoms with van der Waals surface area (Å²) in [5, 5.41) is 10.8. The Hall–Kier alpha value is -1.20. The topological polar surface area (TPSA) is 46.0 Å². The van der Waals surface area contributed by atoms with Gasteiger partial charge in [0.25, 0.3) is 0 Å². The van der Waals surface area contributed by atoms with Gasteiger partial charge in [0.2, 0.25) is 0 Å². The van der Waals surface area contributed by atoms with Crippen LogP contribution in [0.3, 0.4) is 0 Å². The maximum atomic E-state index is 9.05. The summed E-state index contributed by atoms with van der Waals surface area (Å²) >= 11 is 0. The van der Waals surface area contributed by atoms with E-state index >= 15 is 0 Å². The molecule has 2 aromatic heterocycles. The molecule has 15 heavy (non-hydrogen) atoms. The number of aromatic nitrogens is 2. The highest BCUT2D eigenvalue weighted by Crippen LogP contribution is 2.34. The summed E-state index contributed by atoms with van der Waals surface area (Å²) in [6.07, 6.45) is 3.19. The molecule has 0 amide bonds. The third-order valence-corrected chi connectivity index (χ3v) is 3.75. The standard InChI is InChI=1S/C10H8N2OS2/c13-8-4-5-10(12-7-8)15-14-9-3-1-2-6-11-9/h1-7,13H. The lowest BCUT2D eigenvalue weighted by atomic mass is 10.5. The van der Waals surface area contributed by atoms with E-state index in [0.29, 0.717) is 0 Å². The summed E-state index contributed by atoms with van der Waals surface area (Å²) in [5.41, 5.74) is 0. The summed E-state index contributed by atoms with van der Waals surface area (Å²) in [7, 11) is 3.05. The smallest absolute Gasteiger partial charge is 0.133 e. The van der Waals surface area contributed by atoms with Gasteiger partial charge in [-0.15, -0.1) is 0 Å². The van der Waals surface area contributed by atoms with Crippen LogP contribution in [-0.4, -0.2) is 15.1 Å². The summed E-state index contributed by atoms with van der Waals surface area (Å²) in [4.78, 5) is 8.23. The predicted octanol–water partition coefficient (Wildman–Crippen LogP) is 2.98. The number of rotatable bonds is 3. The van der Waals surface area contributed by atoms with Crippen LogP contribution in [0.5, 0.6) is 5.75 Å². The van der Waals surface area contributed by atoms with Crippen molar-refractivity contribution in [2.24, 2.45) is 0 Å². The lowest BCUT2D eigenvalue weighted by Gasteiger charge is -1.99. The van der Waals surface area contributed by atoms with Crippen LogP contribution in [0.25, 0.3) is 0 Å². The monoisotopic (exact) mass is 236 g/mol. The molecular formula is C10H8N2OS2. The van der Waals surface area contributed by atoms with Crippen molar-refractivity contribution in [3.05, 3.63) is 42.7 Å². The molecule has 3 nitrogen and oxygen atoms in total. The van der Waals surface area contributed by atoms with Gasteiger partial charge in [0.1, 0.15) is 15.8 Å². The normalized spacial score (nSPS) is 10.1. The van der Waals surface area contributed by atoms with Gasteiger partial charge in [0.05, 0.1) is 6.20 Å². The van der Waals surface area contributed by atoms with E-state index in [1.165, 1.54) is 17.0 Å². The van der Waals surface area contributed by atoms with Crippen molar-refractivity contribution in [2.45, 2.75) is 10.1 Å². The maximum absolute atomic E-state index is 9.05. The molecule has 0 spiro atoms. The maximum Gasteiger partial charge on any atom is 0.133 e. The molecular weight excluding hydrogens is 228 g/mol. The Morgan fingerprint density at radius 2 is 1.73 bits per heavy atom. The summed E-state index contributed by atoms with van der Waals surface area (Å²) in [6.45, 7) is 0. The Morgan fingerprint density at radius 1 is 0.933 bits per heavy atom. The van der Waals surface area contributed by atoms with Crippen molar-refractivity contribution in [1.29, 1.82) is 0 Å². The molecule has 0 saturated carbocycles. The van der Waals surface area contributed by atoms with Gasteiger partial charge < -0.3 is 5.11 Å². The van der Waals surface area contributed by atoms with E-state index in [4.69, 9.17) is 5.11 Å². The molecule has 76 valence electrons. The Balaban J connectivity index is 1.96. The minimum absolute atomic E-state index is 0.183. The second-order valence-corrected chi connectivity index (χ2v) is 4.86. The van der Waals surface area contributed by atoms with Crippen molar-refractivity contribution < 1.29 is 5.11 Å². The highest BCUT2D eigenvalue weighted by molar-refractivity contribution is 8.76. The van der Waals surface area contributed by atoms with Gasteiger partial charge in [-0.2, -0.15) is 0 Å². The number of hydrogen-bond donors (Lipinski definition) is 1. The Bertz CT molecular complexity index is 419. The molecule has 1 N–H and O–H groups in total. The molecule has 0 aliphatic heterocycles. The molecule has 2 aromatic rings. The summed E-state index contributed by atoms with van der Waals surface area (Å²) in [5.74, 6) is 0.183.